The second-order valence-electron chi connectivity index (χ2n) is 4.17. The van der Waals surface area contributed by atoms with Crippen LogP contribution in [0.2, 0.25) is 0 Å². The number of nitrogens with zero attached hydrogens (tertiary/aromatic N) is 2. The van der Waals surface area contributed by atoms with Gasteiger partial charge in [-0.15, -0.1) is 0 Å². The van der Waals surface area contributed by atoms with Crippen LogP contribution >= 0.6 is 15.9 Å². The van der Waals surface area contributed by atoms with Gasteiger partial charge in [-0.05, 0) is 34.5 Å². The Morgan fingerprint density at radius 3 is 2.78 bits per heavy atom. The van der Waals surface area contributed by atoms with Gasteiger partial charge in [0, 0.05) is 29.5 Å². The lowest BCUT2D eigenvalue weighted by Gasteiger charge is -2.26. The van der Waals surface area contributed by atoms with Gasteiger partial charge >= 0.3 is 0 Å². The highest BCUT2D eigenvalue weighted by Gasteiger charge is 2.25. The van der Waals surface area contributed by atoms with E-state index >= 15 is 0 Å². The van der Waals surface area contributed by atoms with E-state index in [1.54, 1.807) is 12.3 Å². The quantitative estimate of drug-likeness (QED) is 0.836. The molecule has 1 fully saturated rings. The molecule has 1 aromatic rings. The summed E-state index contributed by atoms with van der Waals surface area (Å²) < 4.78 is 31.9. The SMILES string of the molecule is Cc1ncc(Br)cc1CS(=O)(=O)N1CCOCC1. The summed E-state index contributed by atoms with van der Waals surface area (Å²) in [6.07, 6.45) is 1.67. The van der Waals surface area contributed by atoms with Crippen LogP contribution in [0.15, 0.2) is 16.7 Å². The van der Waals surface area contributed by atoms with Crippen LogP contribution in [0, 0.1) is 6.92 Å². The van der Waals surface area contributed by atoms with E-state index in [1.165, 1.54) is 4.31 Å². The van der Waals surface area contributed by atoms with Crippen molar-refractivity contribution >= 4 is 26.0 Å². The van der Waals surface area contributed by atoms with E-state index in [-0.39, 0.29) is 5.75 Å². The largest absolute Gasteiger partial charge is 0.379 e. The fourth-order valence-corrected chi connectivity index (χ4v) is 3.76. The van der Waals surface area contributed by atoms with E-state index in [2.05, 4.69) is 20.9 Å². The average Bonchev–Trinajstić information content (AvgIpc) is 2.35. The first-order valence-electron chi connectivity index (χ1n) is 5.65. The van der Waals surface area contributed by atoms with Gasteiger partial charge < -0.3 is 4.74 Å². The van der Waals surface area contributed by atoms with Crippen molar-refractivity contribution in [1.29, 1.82) is 0 Å². The average molecular weight is 335 g/mol. The number of hydrogen-bond donors (Lipinski definition) is 0. The third kappa shape index (κ3) is 3.28. The molecule has 5 nitrogen and oxygen atoms in total. The summed E-state index contributed by atoms with van der Waals surface area (Å²) in [5.41, 5.74) is 1.48. The molecule has 2 rings (SSSR count). The van der Waals surface area contributed by atoms with Gasteiger partial charge in [0.1, 0.15) is 0 Å². The molecule has 0 aliphatic carbocycles. The topological polar surface area (TPSA) is 59.5 Å². The highest BCUT2D eigenvalue weighted by Crippen LogP contribution is 2.18. The van der Waals surface area contributed by atoms with Crippen LogP contribution in [0.4, 0.5) is 0 Å². The van der Waals surface area contributed by atoms with Crippen molar-refractivity contribution < 1.29 is 13.2 Å². The van der Waals surface area contributed by atoms with E-state index < -0.39 is 10.0 Å². The molecule has 7 heteroatoms. The molecule has 0 amide bonds. The van der Waals surface area contributed by atoms with Gasteiger partial charge in [-0.1, -0.05) is 0 Å². The normalized spacial score (nSPS) is 17.9. The van der Waals surface area contributed by atoms with Crippen molar-refractivity contribution in [3.05, 3.63) is 28.0 Å². The third-order valence-corrected chi connectivity index (χ3v) is 5.12. The lowest BCUT2D eigenvalue weighted by Crippen LogP contribution is -2.41. The van der Waals surface area contributed by atoms with Crippen molar-refractivity contribution in [1.82, 2.24) is 9.29 Å². The predicted octanol–water partition coefficient (Wildman–Crippen LogP) is 1.31. The smallest absolute Gasteiger partial charge is 0.218 e. The zero-order valence-electron chi connectivity index (χ0n) is 10.1. The zero-order valence-corrected chi connectivity index (χ0v) is 12.5. The second-order valence-corrected chi connectivity index (χ2v) is 7.05. The number of halogens is 1. The Bertz CT molecular complexity index is 527. The molecule has 1 aliphatic rings. The summed E-state index contributed by atoms with van der Waals surface area (Å²) in [6.45, 7) is 3.62. The number of morpholine rings is 1. The van der Waals surface area contributed by atoms with Crippen LogP contribution in [-0.4, -0.2) is 44.0 Å². The Kier molecular flexibility index (Phi) is 4.37. The summed E-state index contributed by atoms with van der Waals surface area (Å²) >= 11 is 3.31. The summed E-state index contributed by atoms with van der Waals surface area (Å²) in [7, 11) is -3.28. The van der Waals surface area contributed by atoms with Gasteiger partial charge in [0.2, 0.25) is 10.0 Å². The van der Waals surface area contributed by atoms with Crippen LogP contribution in [0.25, 0.3) is 0 Å². The summed E-state index contributed by atoms with van der Waals surface area (Å²) in [4.78, 5) is 4.15. The van der Waals surface area contributed by atoms with Crippen molar-refractivity contribution in [3.8, 4) is 0 Å². The van der Waals surface area contributed by atoms with Gasteiger partial charge in [-0.3, -0.25) is 4.98 Å². The lowest BCUT2D eigenvalue weighted by molar-refractivity contribution is 0.0729. The van der Waals surface area contributed by atoms with Gasteiger partial charge in [0.15, 0.2) is 0 Å². The van der Waals surface area contributed by atoms with Crippen LogP contribution < -0.4 is 0 Å². The molecule has 0 bridgehead atoms. The van der Waals surface area contributed by atoms with E-state index in [4.69, 9.17) is 4.74 Å². The minimum Gasteiger partial charge on any atom is -0.379 e. The van der Waals surface area contributed by atoms with Crippen molar-refractivity contribution in [3.63, 3.8) is 0 Å². The molecule has 0 saturated carbocycles. The summed E-state index contributed by atoms with van der Waals surface area (Å²) in [5, 5.41) is 0. The van der Waals surface area contributed by atoms with Gasteiger partial charge in [0.25, 0.3) is 0 Å². The number of hydrogen-bond acceptors (Lipinski definition) is 4. The lowest BCUT2D eigenvalue weighted by atomic mass is 10.2. The molecule has 2 heterocycles. The maximum absolute atomic E-state index is 12.2. The molecule has 0 spiro atoms. The molecule has 0 unspecified atom stereocenters. The number of pyridine rings is 1. The van der Waals surface area contributed by atoms with Gasteiger partial charge in [-0.25, -0.2) is 8.42 Å². The Balaban J connectivity index is 2.18. The fraction of sp³-hybridized carbons (Fsp3) is 0.545. The maximum Gasteiger partial charge on any atom is 0.218 e. The van der Waals surface area contributed by atoms with Crippen LogP contribution in [-0.2, 0) is 20.5 Å². The first-order valence-corrected chi connectivity index (χ1v) is 8.06. The molecule has 0 atom stereocenters. The maximum atomic E-state index is 12.2. The molecule has 100 valence electrons. The summed E-state index contributed by atoms with van der Waals surface area (Å²) in [6, 6.07) is 1.81. The molecule has 1 aromatic heterocycles. The van der Waals surface area contributed by atoms with E-state index in [0.29, 0.717) is 26.3 Å². The highest BCUT2D eigenvalue weighted by molar-refractivity contribution is 9.10. The van der Waals surface area contributed by atoms with Gasteiger partial charge in [0.05, 0.1) is 19.0 Å². The van der Waals surface area contributed by atoms with Crippen molar-refractivity contribution in [2.45, 2.75) is 12.7 Å². The molecule has 18 heavy (non-hydrogen) atoms. The molecule has 1 saturated heterocycles. The second kappa shape index (κ2) is 5.64. The van der Waals surface area contributed by atoms with Crippen molar-refractivity contribution in [2.24, 2.45) is 0 Å². The van der Waals surface area contributed by atoms with Crippen LogP contribution in [0.1, 0.15) is 11.3 Å². The monoisotopic (exact) mass is 334 g/mol. The minimum absolute atomic E-state index is 0.00866. The molecule has 0 radical (unpaired) electrons. The Hall–Kier alpha value is -0.500. The Morgan fingerprint density at radius 1 is 1.44 bits per heavy atom. The van der Waals surface area contributed by atoms with Crippen LogP contribution in [0.3, 0.4) is 0 Å². The number of aromatic nitrogens is 1. The van der Waals surface area contributed by atoms with Crippen LogP contribution in [0.5, 0.6) is 0 Å². The molecular formula is C11H15BrN2O3S. The first kappa shape index (κ1) is 13.9. The van der Waals surface area contributed by atoms with E-state index in [9.17, 15) is 8.42 Å². The Morgan fingerprint density at radius 2 is 2.11 bits per heavy atom. The standard InChI is InChI=1S/C11H15BrN2O3S/c1-9-10(6-11(12)7-13-9)8-18(15,16)14-2-4-17-5-3-14/h6-7H,2-5,8H2,1H3. The molecule has 0 aromatic carbocycles. The van der Waals surface area contributed by atoms with E-state index in [1.807, 2.05) is 6.92 Å². The number of aryl methyl sites for hydroxylation is 1. The van der Waals surface area contributed by atoms with Gasteiger partial charge in [-0.2, -0.15) is 4.31 Å². The number of sulfonamides is 1. The summed E-state index contributed by atoms with van der Waals surface area (Å²) in [5.74, 6) is -0.00866. The zero-order chi connectivity index (χ0) is 13.2. The molecule has 1 aliphatic heterocycles. The minimum atomic E-state index is -3.28. The molecular weight excluding hydrogens is 320 g/mol. The fourth-order valence-electron chi connectivity index (χ4n) is 1.81. The van der Waals surface area contributed by atoms with Crippen molar-refractivity contribution in [2.75, 3.05) is 26.3 Å². The first-order chi connectivity index (χ1) is 8.49. The Labute approximate surface area is 115 Å². The highest BCUT2D eigenvalue weighted by atomic mass is 79.9. The van der Waals surface area contributed by atoms with E-state index in [0.717, 1.165) is 15.7 Å². The number of ether oxygens (including phenoxy) is 1. The third-order valence-electron chi connectivity index (χ3n) is 2.86. The molecule has 0 N–H and O–H groups in total. The predicted molar refractivity (Wildman–Crippen MR) is 71.7 cm³/mol. The number of rotatable bonds is 3.